The summed E-state index contributed by atoms with van der Waals surface area (Å²) in [6.45, 7) is -0.212. The minimum atomic E-state index is -0.549. The van der Waals surface area contributed by atoms with E-state index in [2.05, 4.69) is 15.8 Å². The molecular formula is C25H23N3O6. The SMILES string of the molecule is COc1ccc(C(=O)Oc2ccc(C=NNC(=O)CNC(=O)c3ccccc3)cc2)cc1OC. The average molecular weight is 461 g/mol. The first kappa shape index (κ1) is 24.0. The van der Waals surface area contributed by atoms with E-state index in [9.17, 15) is 14.4 Å². The highest BCUT2D eigenvalue weighted by atomic mass is 16.5. The number of hydrogen-bond donors (Lipinski definition) is 2. The molecule has 9 heteroatoms. The van der Waals surface area contributed by atoms with E-state index in [0.717, 1.165) is 0 Å². The summed E-state index contributed by atoms with van der Waals surface area (Å²) in [5, 5.41) is 6.37. The number of hydrazone groups is 1. The van der Waals surface area contributed by atoms with Gasteiger partial charge in [0, 0.05) is 5.56 Å². The monoisotopic (exact) mass is 461 g/mol. The lowest BCUT2D eigenvalue weighted by Crippen LogP contribution is -2.34. The highest BCUT2D eigenvalue weighted by molar-refractivity contribution is 5.96. The molecule has 0 radical (unpaired) electrons. The van der Waals surface area contributed by atoms with Crippen LogP contribution in [-0.2, 0) is 4.79 Å². The van der Waals surface area contributed by atoms with Gasteiger partial charge in [-0.25, -0.2) is 10.2 Å². The molecule has 0 aromatic heterocycles. The van der Waals surface area contributed by atoms with Gasteiger partial charge in [-0.05, 0) is 60.2 Å². The molecular weight excluding hydrogens is 438 g/mol. The summed E-state index contributed by atoms with van der Waals surface area (Å²) in [6.07, 6.45) is 1.43. The molecule has 3 aromatic carbocycles. The predicted octanol–water partition coefficient (Wildman–Crippen LogP) is 2.80. The maximum atomic E-state index is 12.4. The van der Waals surface area contributed by atoms with Gasteiger partial charge in [-0.15, -0.1) is 0 Å². The van der Waals surface area contributed by atoms with E-state index < -0.39 is 11.9 Å². The van der Waals surface area contributed by atoms with Crippen LogP contribution in [0.3, 0.4) is 0 Å². The second-order valence-corrected chi connectivity index (χ2v) is 6.87. The molecule has 0 saturated heterocycles. The number of rotatable bonds is 9. The van der Waals surface area contributed by atoms with Crippen LogP contribution in [0.4, 0.5) is 0 Å². The summed E-state index contributed by atoms with van der Waals surface area (Å²) in [7, 11) is 2.99. The van der Waals surface area contributed by atoms with Crippen molar-refractivity contribution in [3.8, 4) is 17.2 Å². The van der Waals surface area contributed by atoms with Crippen molar-refractivity contribution in [2.24, 2.45) is 5.10 Å². The molecule has 0 heterocycles. The number of nitrogens with one attached hydrogen (secondary N) is 2. The van der Waals surface area contributed by atoms with E-state index in [0.29, 0.717) is 33.9 Å². The molecule has 0 bridgehead atoms. The van der Waals surface area contributed by atoms with Gasteiger partial charge in [0.2, 0.25) is 0 Å². The van der Waals surface area contributed by atoms with E-state index in [4.69, 9.17) is 14.2 Å². The maximum Gasteiger partial charge on any atom is 0.343 e. The van der Waals surface area contributed by atoms with Crippen molar-refractivity contribution in [1.82, 2.24) is 10.7 Å². The Morgan fingerprint density at radius 3 is 2.24 bits per heavy atom. The summed E-state index contributed by atoms with van der Waals surface area (Å²) in [4.78, 5) is 36.2. The zero-order valence-corrected chi connectivity index (χ0v) is 18.6. The van der Waals surface area contributed by atoms with Gasteiger partial charge in [0.25, 0.3) is 11.8 Å². The number of ether oxygens (including phenoxy) is 3. The lowest BCUT2D eigenvalue weighted by Gasteiger charge is -2.09. The Hall–Kier alpha value is -4.66. The van der Waals surface area contributed by atoms with Crippen molar-refractivity contribution in [2.75, 3.05) is 20.8 Å². The van der Waals surface area contributed by atoms with E-state index >= 15 is 0 Å². The fourth-order valence-corrected chi connectivity index (χ4v) is 2.82. The molecule has 3 aromatic rings. The molecule has 3 rings (SSSR count). The van der Waals surface area contributed by atoms with Gasteiger partial charge < -0.3 is 19.5 Å². The summed E-state index contributed by atoms with van der Waals surface area (Å²) >= 11 is 0. The molecule has 9 nitrogen and oxygen atoms in total. The van der Waals surface area contributed by atoms with Crippen molar-refractivity contribution in [3.05, 3.63) is 89.5 Å². The highest BCUT2D eigenvalue weighted by Gasteiger charge is 2.13. The van der Waals surface area contributed by atoms with Gasteiger partial charge in [-0.1, -0.05) is 18.2 Å². The van der Waals surface area contributed by atoms with Crippen LogP contribution < -0.4 is 25.0 Å². The Morgan fingerprint density at radius 2 is 1.56 bits per heavy atom. The third-order valence-electron chi connectivity index (χ3n) is 4.56. The van der Waals surface area contributed by atoms with Gasteiger partial charge in [0.1, 0.15) is 5.75 Å². The molecule has 2 amide bonds. The Labute approximate surface area is 196 Å². The standard InChI is InChI=1S/C25H23N3O6/c1-32-21-13-10-19(14-22(21)33-2)25(31)34-20-11-8-17(9-12-20)15-27-28-23(29)16-26-24(30)18-6-4-3-5-7-18/h3-15H,16H2,1-2H3,(H,26,30)(H,28,29). The van der Waals surface area contributed by atoms with Gasteiger partial charge in [0.15, 0.2) is 11.5 Å². The summed E-state index contributed by atoms with van der Waals surface area (Å²) in [6, 6.07) is 19.9. The number of esters is 1. The van der Waals surface area contributed by atoms with E-state index in [1.807, 2.05) is 0 Å². The van der Waals surface area contributed by atoms with Gasteiger partial charge in [-0.3, -0.25) is 9.59 Å². The van der Waals surface area contributed by atoms with Crippen LogP contribution in [0.2, 0.25) is 0 Å². The predicted molar refractivity (Wildman–Crippen MR) is 125 cm³/mol. The van der Waals surface area contributed by atoms with Crippen LogP contribution in [0, 0.1) is 0 Å². The minimum absolute atomic E-state index is 0.212. The van der Waals surface area contributed by atoms with E-state index in [-0.39, 0.29) is 12.5 Å². The molecule has 0 aliphatic heterocycles. The van der Waals surface area contributed by atoms with Crippen molar-refractivity contribution >= 4 is 24.0 Å². The number of carbonyl (C=O) groups is 3. The third kappa shape index (κ3) is 6.67. The Bertz CT molecular complexity index is 1180. The lowest BCUT2D eigenvalue weighted by molar-refractivity contribution is -0.120. The van der Waals surface area contributed by atoms with Crippen molar-refractivity contribution in [1.29, 1.82) is 0 Å². The van der Waals surface area contributed by atoms with Crippen LogP contribution in [0.1, 0.15) is 26.3 Å². The lowest BCUT2D eigenvalue weighted by atomic mass is 10.2. The maximum absolute atomic E-state index is 12.4. The normalized spacial score (nSPS) is 10.4. The number of hydrogen-bond acceptors (Lipinski definition) is 7. The highest BCUT2D eigenvalue weighted by Crippen LogP contribution is 2.28. The Kier molecular flexibility index (Phi) is 8.34. The van der Waals surface area contributed by atoms with Crippen molar-refractivity contribution < 1.29 is 28.6 Å². The number of methoxy groups -OCH3 is 2. The Morgan fingerprint density at radius 1 is 0.853 bits per heavy atom. The minimum Gasteiger partial charge on any atom is -0.493 e. The molecule has 34 heavy (non-hydrogen) atoms. The fourth-order valence-electron chi connectivity index (χ4n) is 2.82. The second-order valence-electron chi connectivity index (χ2n) is 6.87. The molecule has 0 fully saturated rings. The summed E-state index contributed by atoms with van der Waals surface area (Å²) < 4.78 is 15.7. The average Bonchev–Trinajstić information content (AvgIpc) is 2.88. The number of carbonyl (C=O) groups excluding carboxylic acids is 3. The van der Waals surface area contributed by atoms with Crippen LogP contribution in [0.15, 0.2) is 77.9 Å². The Balaban J connectivity index is 1.48. The van der Waals surface area contributed by atoms with Gasteiger partial charge in [-0.2, -0.15) is 5.10 Å². The fraction of sp³-hybridized carbons (Fsp3) is 0.120. The molecule has 0 saturated carbocycles. The molecule has 0 aliphatic rings. The quantitative estimate of drug-likeness (QED) is 0.219. The van der Waals surface area contributed by atoms with Crippen LogP contribution in [-0.4, -0.2) is 44.8 Å². The third-order valence-corrected chi connectivity index (χ3v) is 4.56. The molecule has 0 atom stereocenters. The van der Waals surface area contributed by atoms with Gasteiger partial charge >= 0.3 is 5.97 Å². The smallest absolute Gasteiger partial charge is 0.343 e. The largest absolute Gasteiger partial charge is 0.493 e. The van der Waals surface area contributed by atoms with Crippen LogP contribution >= 0.6 is 0 Å². The van der Waals surface area contributed by atoms with Crippen LogP contribution in [0.25, 0.3) is 0 Å². The van der Waals surface area contributed by atoms with Crippen LogP contribution in [0.5, 0.6) is 17.2 Å². The molecule has 0 unspecified atom stereocenters. The molecule has 0 spiro atoms. The first-order chi connectivity index (χ1) is 16.5. The summed E-state index contributed by atoms with van der Waals surface area (Å²) in [5.41, 5.74) is 3.78. The van der Waals surface area contributed by atoms with Crippen molar-refractivity contribution in [2.45, 2.75) is 0 Å². The van der Waals surface area contributed by atoms with E-state index in [1.54, 1.807) is 66.7 Å². The first-order valence-electron chi connectivity index (χ1n) is 10.2. The number of nitrogens with zero attached hydrogens (tertiary/aromatic N) is 1. The zero-order valence-electron chi connectivity index (χ0n) is 18.6. The number of amides is 2. The number of benzene rings is 3. The first-order valence-corrected chi connectivity index (χ1v) is 10.2. The summed E-state index contributed by atoms with van der Waals surface area (Å²) in [5.74, 6) is -0.103. The second kappa shape index (κ2) is 11.8. The van der Waals surface area contributed by atoms with Gasteiger partial charge in [0.05, 0.1) is 32.5 Å². The van der Waals surface area contributed by atoms with E-state index in [1.165, 1.54) is 26.5 Å². The molecule has 2 N–H and O–H groups in total. The molecule has 0 aliphatic carbocycles. The zero-order chi connectivity index (χ0) is 24.3. The topological polar surface area (TPSA) is 115 Å². The molecule has 174 valence electrons. The van der Waals surface area contributed by atoms with Crippen molar-refractivity contribution in [3.63, 3.8) is 0 Å².